The van der Waals surface area contributed by atoms with Crippen molar-refractivity contribution in [1.29, 1.82) is 0 Å². The van der Waals surface area contributed by atoms with Gasteiger partial charge in [0, 0.05) is 37.1 Å². The molecular formula is C20H23N3O. The van der Waals surface area contributed by atoms with Crippen LogP contribution in [0.4, 0.5) is 16.2 Å². The van der Waals surface area contributed by atoms with E-state index in [1.807, 2.05) is 23.1 Å². The maximum atomic E-state index is 12.6. The molecule has 2 heterocycles. The summed E-state index contributed by atoms with van der Waals surface area (Å²) in [5.74, 6) is 0. The van der Waals surface area contributed by atoms with E-state index in [-0.39, 0.29) is 6.03 Å². The molecule has 124 valence electrons. The van der Waals surface area contributed by atoms with Gasteiger partial charge >= 0.3 is 6.03 Å². The van der Waals surface area contributed by atoms with Crippen molar-refractivity contribution >= 4 is 17.4 Å². The Morgan fingerprint density at radius 2 is 1.58 bits per heavy atom. The Hall–Kier alpha value is -2.49. The van der Waals surface area contributed by atoms with Crippen molar-refractivity contribution in [2.45, 2.75) is 25.3 Å². The van der Waals surface area contributed by atoms with Crippen LogP contribution in [0.15, 0.2) is 54.6 Å². The summed E-state index contributed by atoms with van der Waals surface area (Å²) in [6.45, 7) is 2.82. The van der Waals surface area contributed by atoms with Gasteiger partial charge in [0.2, 0.25) is 0 Å². The summed E-state index contributed by atoms with van der Waals surface area (Å²) in [4.78, 5) is 17.1. The van der Waals surface area contributed by atoms with Gasteiger partial charge in [0.15, 0.2) is 0 Å². The summed E-state index contributed by atoms with van der Waals surface area (Å²) < 4.78 is 0. The Morgan fingerprint density at radius 3 is 2.38 bits per heavy atom. The van der Waals surface area contributed by atoms with E-state index in [0.717, 1.165) is 44.6 Å². The summed E-state index contributed by atoms with van der Waals surface area (Å²) in [6, 6.07) is 19.1. The molecule has 1 saturated heterocycles. The van der Waals surface area contributed by atoms with Gasteiger partial charge in [0.05, 0.1) is 0 Å². The van der Waals surface area contributed by atoms with Crippen molar-refractivity contribution < 1.29 is 4.79 Å². The van der Waals surface area contributed by atoms with Gasteiger partial charge in [-0.1, -0.05) is 36.4 Å². The minimum atomic E-state index is 0.0538. The zero-order valence-corrected chi connectivity index (χ0v) is 13.8. The molecule has 0 aromatic heterocycles. The SMILES string of the molecule is O=C1Nc2ccccc2CCN1C1CCN(c2ccccc2)CC1. The van der Waals surface area contributed by atoms with Crippen LogP contribution in [-0.2, 0) is 6.42 Å². The number of hydrogen-bond acceptors (Lipinski definition) is 2. The third-order valence-electron chi connectivity index (χ3n) is 5.17. The molecule has 0 unspecified atom stereocenters. The highest BCUT2D eigenvalue weighted by Gasteiger charge is 2.29. The van der Waals surface area contributed by atoms with E-state index in [0.29, 0.717) is 6.04 Å². The molecule has 2 aromatic rings. The quantitative estimate of drug-likeness (QED) is 0.914. The standard InChI is InChI=1S/C20H23N3O/c24-20-21-19-9-5-4-6-16(19)10-15-23(20)18-11-13-22(14-12-18)17-7-2-1-3-8-17/h1-9,18H,10-15H2,(H,21,24). The first-order valence-electron chi connectivity index (χ1n) is 8.77. The summed E-state index contributed by atoms with van der Waals surface area (Å²) in [5, 5.41) is 3.09. The molecule has 2 aliphatic rings. The van der Waals surface area contributed by atoms with Crippen molar-refractivity contribution in [3.8, 4) is 0 Å². The molecule has 4 rings (SSSR count). The number of rotatable bonds is 2. The number of carbonyl (C=O) groups excluding carboxylic acids is 1. The molecule has 1 N–H and O–H groups in total. The molecule has 24 heavy (non-hydrogen) atoms. The average molecular weight is 321 g/mol. The predicted molar refractivity (Wildman–Crippen MR) is 97.5 cm³/mol. The second-order valence-corrected chi connectivity index (χ2v) is 6.58. The van der Waals surface area contributed by atoms with Crippen LogP contribution in [-0.4, -0.2) is 36.6 Å². The first kappa shape index (κ1) is 15.1. The lowest BCUT2D eigenvalue weighted by atomic mass is 10.0. The number of piperidine rings is 1. The molecule has 0 aliphatic carbocycles. The molecule has 2 amide bonds. The van der Waals surface area contributed by atoms with Crippen molar-refractivity contribution in [3.63, 3.8) is 0 Å². The minimum Gasteiger partial charge on any atom is -0.371 e. The van der Waals surface area contributed by atoms with Crippen molar-refractivity contribution in [3.05, 3.63) is 60.2 Å². The average Bonchev–Trinajstić information content (AvgIpc) is 2.81. The molecule has 0 atom stereocenters. The first-order valence-corrected chi connectivity index (χ1v) is 8.77. The summed E-state index contributed by atoms with van der Waals surface area (Å²) in [7, 11) is 0. The van der Waals surface area contributed by atoms with Crippen LogP contribution in [0.1, 0.15) is 18.4 Å². The van der Waals surface area contributed by atoms with Crippen LogP contribution >= 0.6 is 0 Å². The number of hydrogen-bond donors (Lipinski definition) is 1. The zero-order valence-electron chi connectivity index (χ0n) is 13.8. The molecular weight excluding hydrogens is 298 g/mol. The van der Waals surface area contributed by atoms with Gasteiger partial charge in [-0.3, -0.25) is 0 Å². The second kappa shape index (κ2) is 6.56. The topological polar surface area (TPSA) is 35.6 Å². The van der Waals surface area contributed by atoms with E-state index in [2.05, 4.69) is 46.6 Å². The Balaban J connectivity index is 1.42. The predicted octanol–water partition coefficient (Wildman–Crippen LogP) is 3.75. The highest BCUT2D eigenvalue weighted by Crippen LogP contribution is 2.26. The lowest BCUT2D eigenvalue weighted by Gasteiger charge is -2.38. The van der Waals surface area contributed by atoms with Gasteiger partial charge in [-0.2, -0.15) is 0 Å². The number of amides is 2. The maximum Gasteiger partial charge on any atom is 0.322 e. The molecule has 0 bridgehead atoms. The van der Waals surface area contributed by atoms with Crippen LogP contribution in [0.25, 0.3) is 0 Å². The number of carbonyl (C=O) groups is 1. The number of benzene rings is 2. The van der Waals surface area contributed by atoms with Crippen molar-refractivity contribution in [1.82, 2.24) is 4.90 Å². The van der Waals surface area contributed by atoms with E-state index in [4.69, 9.17) is 0 Å². The van der Waals surface area contributed by atoms with Crippen LogP contribution < -0.4 is 10.2 Å². The minimum absolute atomic E-state index is 0.0538. The van der Waals surface area contributed by atoms with Gasteiger partial charge in [-0.25, -0.2) is 4.79 Å². The molecule has 4 heteroatoms. The largest absolute Gasteiger partial charge is 0.371 e. The Labute approximate surface area is 143 Å². The van der Waals surface area contributed by atoms with Gasteiger partial charge in [0.1, 0.15) is 0 Å². The van der Waals surface area contributed by atoms with Crippen molar-refractivity contribution in [2.75, 3.05) is 29.9 Å². The van der Waals surface area contributed by atoms with Gasteiger partial charge in [-0.05, 0) is 43.0 Å². The number of para-hydroxylation sites is 2. The number of nitrogens with zero attached hydrogens (tertiary/aromatic N) is 2. The lowest BCUT2D eigenvalue weighted by molar-refractivity contribution is 0.177. The Kier molecular flexibility index (Phi) is 4.11. The third kappa shape index (κ3) is 2.96. The smallest absolute Gasteiger partial charge is 0.322 e. The summed E-state index contributed by atoms with van der Waals surface area (Å²) in [6.07, 6.45) is 2.98. The highest BCUT2D eigenvalue weighted by molar-refractivity contribution is 5.91. The fraction of sp³-hybridized carbons (Fsp3) is 0.350. The summed E-state index contributed by atoms with van der Waals surface area (Å²) in [5.41, 5.74) is 3.48. The molecule has 0 spiro atoms. The van der Waals surface area contributed by atoms with E-state index < -0.39 is 0 Å². The molecule has 1 fully saturated rings. The van der Waals surface area contributed by atoms with Crippen LogP contribution in [0.2, 0.25) is 0 Å². The third-order valence-corrected chi connectivity index (χ3v) is 5.17. The molecule has 2 aliphatic heterocycles. The zero-order chi connectivity index (χ0) is 16.4. The summed E-state index contributed by atoms with van der Waals surface area (Å²) >= 11 is 0. The fourth-order valence-corrected chi connectivity index (χ4v) is 3.81. The Morgan fingerprint density at radius 1 is 0.875 bits per heavy atom. The van der Waals surface area contributed by atoms with Gasteiger partial charge in [0.25, 0.3) is 0 Å². The second-order valence-electron chi connectivity index (χ2n) is 6.58. The number of anilines is 2. The van der Waals surface area contributed by atoms with E-state index >= 15 is 0 Å². The van der Waals surface area contributed by atoms with Crippen molar-refractivity contribution in [2.24, 2.45) is 0 Å². The lowest BCUT2D eigenvalue weighted by Crippen LogP contribution is -2.48. The normalized spacial score (nSPS) is 18.8. The van der Waals surface area contributed by atoms with E-state index in [1.54, 1.807) is 0 Å². The number of fused-ring (bicyclic) bond motifs is 1. The first-order chi connectivity index (χ1) is 11.8. The maximum absolute atomic E-state index is 12.6. The molecule has 2 aromatic carbocycles. The van der Waals surface area contributed by atoms with Gasteiger partial charge in [-0.15, -0.1) is 0 Å². The monoisotopic (exact) mass is 321 g/mol. The highest BCUT2D eigenvalue weighted by atomic mass is 16.2. The van der Waals surface area contributed by atoms with Crippen LogP contribution in [0, 0.1) is 0 Å². The van der Waals surface area contributed by atoms with Gasteiger partial charge < -0.3 is 15.1 Å². The van der Waals surface area contributed by atoms with E-state index in [9.17, 15) is 4.79 Å². The number of nitrogens with one attached hydrogen (secondary N) is 1. The van der Waals surface area contributed by atoms with Crippen LogP contribution in [0.5, 0.6) is 0 Å². The Bertz CT molecular complexity index is 708. The fourth-order valence-electron chi connectivity index (χ4n) is 3.81. The molecule has 0 radical (unpaired) electrons. The van der Waals surface area contributed by atoms with Crippen LogP contribution in [0.3, 0.4) is 0 Å². The number of urea groups is 1. The van der Waals surface area contributed by atoms with E-state index in [1.165, 1.54) is 11.3 Å². The molecule has 0 saturated carbocycles. The molecule has 4 nitrogen and oxygen atoms in total.